The molecule has 2 aromatic carbocycles. The Balaban J connectivity index is 1.93. The summed E-state index contributed by atoms with van der Waals surface area (Å²) in [5.74, 6) is 0.189. The molecule has 3 aromatic rings. The fourth-order valence-corrected chi connectivity index (χ4v) is 5.87. The van der Waals surface area contributed by atoms with E-state index in [9.17, 15) is 9.59 Å². The summed E-state index contributed by atoms with van der Waals surface area (Å²) in [6.07, 6.45) is 1.51. The van der Waals surface area contributed by atoms with Gasteiger partial charge in [-0.05, 0) is 57.5 Å². The summed E-state index contributed by atoms with van der Waals surface area (Å²) in [5, 5.41) is 9.19. The Hall–Kier alpha value is -3.58. The van der Waals surface area contributed by atoms with Gasteiger partial charge in [-0.1, -0.05) is 52.7 Å². The minimum Gasteiger partial charge on any atom is -0.491 e. The average Bonchev–Trinajstić information content (AvgIpc) is 3.17. The van der Waals surface area contributed by atoms with Crippen LogP contribution in [0, 0.1) is 11.3 Å². The normalized spacial score (nSPS) is 15.0. The van der Waals surface area contributed by atoms with E-state index in [0.717, 1.165) is 0 Å². The maximum absolute atomic E-state index is 13.9. The van der Waals surface area contributed by atoms with E-state index in [2.05, 4.69) is 4.99 Å². The summed E-state index contributed by atoms with van der Waals surface area (Å²) in [5.41, 5.74) is 1.56. The van der Waals surface area contributed by atoms with Gasteiger partial charge in [0.1, 0.15) is 17.9 Å². The van der Waals surface area contributed by atoms with E-state index in [0.29, 0.717) is 31.9 Å². The van der Waals surface area contributed by atoms with Crippen LogP contribution in [0.15, 0.2) is 57.5 Å². The number of hydrogen-bond acceptors (Lipinski definition) is 8. The number of ether oxygens (including phenoxy) is 3. The quantitative estimate of drug-likeness (QED) is 0.352. The lowest BCUT2D eigenvalue weighted by molar-refractivity contribution is -0.139. The molecule has 0 N–H and O–H groups in total. The number of halogens is 2. The average molecular weight is 586 g/mol. The lowest BCUT2D eigenvalue weighted by Gasteiger charge is -2.26. The Morgan fingerprint density at radius 2 is 1.95 bits per heavy atom. The van der Waals surface area contributed by atoms with Crippen molar-refractivity contribution in [3.05, 3.63) is 88.5 Å². The molecule has 0 saturated heterocycles. The summed E-state index contributed by atoms with van der Waals surface area (Å²) in [4.78, 5) is 32.1. The predicted octanol–water partition coefficient (Wildman–Crippen LogP) is 4.79. The number of rotatable bonds is 8. The molecular weight excluding hydrogens is 561 g/mol. The van der Waals surface area contributed by atoms with Crippen LogP contribution in [-0.2, 0) is 9.53 Å². The zero-order valence-corrected chi connectivity index (χ0v) is 24.0. The summed E-state index contributed by atoms with van der Waals surface area (Å²) >= 11 is 13.8. The van der Waals surface area contributed by atoms with Crippen molar-refractivity contribution in [3.8, 4) is 17.6 Å². The van der Waals surface area contributed by atoms with E-state index in [-0.39, 0.29) is 46.2 Å². The van der Waals surface area contributed by atoms with E-state index in [4.69, 9.17) is 42.7 Å². The lowest BCUT2D eigenvalue weighted by Crippen LogP contribution is -2.40. The largest absolute Gasteiger partial charge is 0.491 e. The number of para-hydroxylation sites is 1. The van der Waals surface area contributed by atoms with Crippen LogP contribution in [0.3, 0.4) is 0 Å². The van der Waals surface area contributed by atoms with E-state index < -0.39 is 12.0 Å². The van der Waals surface area contributed by atoms with Crippen molar-refractivity contribution in [1.29, 1.82) is 5.26 Å². The van der Waals surface area contributed by atoms with Gasteiger partial charge in [-0.25, -0.2) is 9.79 Å². The monoisotopic (exact) mass is 585 g/mol. The lowest BCUT2D eigenvalue weighted by atomic mass is 9.95. The third kappa shape index (κ3) is 5.88. The third-order valence-corrected chi connectivity index (χ3v) is 7.24. The molecule has 0 bridgehead atoms. The SMILES string of the molecule is CCOC(=O)C1=C(C)N=c2s/c(=C/c3cc(Cl)c(OCC#N)c(Cl)c3)c(=O)n2[C@H]1c1ccccc1OC(C)C. The molecule has 0 aliphatic carbocycles. The Morgan fingerprint density at radius 3 is 2.59 bits per heavy atom. The van der Waals surface area contributed by atoms with Crippen molar-refractivity contribution >= 4 is 46.6 Å². The van der Waals surface area contributed by atoms with Crippen LogP contribution in [0.4, 0.5) is 0 Å². The van der Waals surface area contributed by atoms with Crippen molar-refractivity contribution < 1.29 is 19.0 Å². The van der Waals surface area contributed by atoms with E-state index in [1.54, 1.807) is 32.1 Å². The topological polar surface area (TPSA) is 103 Å². The standard InChI is InChI=1S/C28H25Cl2N3O5S/c1-5-36-27(35)23-16(4)32-28-33(24(23)18-8-6-7-9-21(18)38-15(2)3)26(34)22(39-28)14-17-12-19(29)25(20(30)13-17)37-11-10-31/h6-9,12-15,24H,5,11H2,1-4H3/b22-14+/t24-/m0/s1. The third-order valence-electron chi connectivity index (χ3n) is 5.69. The van der Waals surface area contributed by atoms with E-state index in [1.807, 2.05) is 44.2 Å². The fourth-order valence-electron chi connectivity index (χ4n) is 4.21. The first-order chi connectivity index (χ1) is 18.7. The van der Waals surface area contributed by atoms with Crippen molar-refractivity contribution in [2.24, 2.45) is 4.99 Å². The van der Waals surface area contributed by atoms with Gasteiger partial charge < -0.3 is 14.2 Å². The van der Waals surface area contributed by atoms with Crippen LogP contribution in [0.2, 0.25) is 10.0 Å². The van der Waals surface area contributed by atoms with Crippen LogP contribution in [0.5, 0.6) is 11.5 Å². The van der Waals surface area contributed by atoms with Gasteiger partial charge in [0.05, 0.1) is 38.6 Å². The van der Waals surface area contributed by atoms with Crippen LogP contribution >= 0.6 is 34.5 Å². The number of nitriles is 1. The fraction of sp³-hybridized carbons (Fsp3) is 0.286. The Labute approximate surface area is 239 Å². The zero-order chi connectivity index (χ0) is 28.3. The highest BCUT2D eigenvalue weighted by Gasteiger charge is 2.35. The van der Waals surface area contributed by atoms with Gasteiger partial charge >= 0.3 is 5.97 Å². The summed E-state index contributed by atoms with van der Waals surface area (Å²) in [6.45, 7) is 7.22. The highest BCUT2D eigenvalue weighted by atomic mass is 35.5. The highest BCUT2D eigenvalue weighted by Crippen LogP contribution is 2.37. The van der Waals surface area contributed by atoms with E-state index >= 15 is 0 Å². The number of carbonyl (C=O) groups excluding carboxylic acids is 1. The molecule has 0 saturated carbocycles. The first-order valence-electron chi connectivity index (χ1n) is 12.1. The number of esters is 1. The summed E-state index contributed by atoms with van der Waals surface area (Å²) < 4.78 is 18.6. The molecular formula is C28H25Cl2N3O5S. The molecule has 0 amide bonds. The molecule has 0 fully saturated rings. The second-order valence-electron chi connectivity index (χ2n) is 8.77. The number of hydrogen-bond donors (Lipinski definition) is 0. The van der Waals surface area contributed by atoms with Gasteiger partial charge in [0.2, 0.25) is 0 Å². The van der Waals surface area contributed by atoms with Gasteiger partial charge in [0.15, 0.2) is 17.2 Å². The number of benzene rings is 2. The van der Waals surface area contributed by atoms with Gasteiger partial charge in [-0.3, -0.25) is 9.36 Å². The first kappa shape index (κ1) is 28.4. The number of aromatic nitrogens is 1. The van der Waals surface area contributed by atoms with Crippen molar-refractivity contribution in [2.45, 2.75) is 39.8 Å². The van der Waals surface area contributed by atoms with E-state index in [1.165, 1.54) is 15.9 Å². The smallest absolute Gasteiger partial charge is 0.338 e. The molecule has 1 aromatic heterocycles. The number of thiazole rings is 1. The van der Waals surface area contributed by atoms with Crippen LogP contribution in [0.1, 0.15) is 44.9 Å². The Morgan fingerprint density at radius 1 is 1.26 bits per heavy atom. The minimum absolute atomic E-state index is 0.132. The predicted molar refractivity (Wildman–Crippen MR) is 150 cm³/mol. The number of fused-ring (bicyclic) bond motifs is 1. The Kier molecular flexibility index (Phi) is 8.80. The molecule has 0 radical (unpaired) electrons. The molecule has 1 aliphatic rings. The van der Waals surface area contributed by atoms with Crippen molar-refractivity contribution in [2.75, 3.05) is 13.2 Å². The highest BCUT2D eigenvalue weighted by molar-refractivity contribution is 7.07. The van der Waals surface area contributed by atoms with Crippen molar-refractivity contribution in [3.63, 3.8) is 0 Å². The van der Waals surface area contributed by atoms with Crippen molar-refractivity contribution in [1.82, 2.24) is 4.57 Å². The molecule has 202 valence electrons. The van der Waals surface area contributed by atoms with Gasteiger partial charge in [0.25, 0.3) is 5.56 Å². The van der Waals surface area contributed by atoms with Crippen LogP contribution < -0.4 is 24.4 Å². The molecule has 1 atom stereocenters. The molecule has 0 spiro atoms. The molecule has 0 unspecified atom stereocenters. The second kappa shape index (κ2) is 12.1. The minimum atomic E-state index is -0.814. The maximum atomic E-state index is 13.9. The zero-order valence-electron chi connectivity index (χ0n) is 21.7. The summed E-state index contributed by atoms with van der Waals surface area (Å²) in [6, 6.07) is 11.5. The summed E-state index contributed by atoms with van der Waals surface area (Å²) in [7, 11) is 0. The molecule has 2 heterocycles. The Bertz CT molecular complexity index is 1660. The molecule has 8 nitrogen and oxygen atoms in total. The molecule has 39 heavy (non-hydrogen) atoms. The molecule has 4 rings (SSSR count). The van der Waals surface area contributed by atoms with Gasteiger partial charge in [-0.2, -0.15) is 5.26 Å². The number of allylic oxidation sites excluding steroid dienone is 1. The first-order valence-corrected chi connectivity index (χ1v) is 13.7. The van der Waals surface area contributed by atoms with Gasteiger partial charge in [-0.15, -0.1) is 0 Å². The van der Waals surface area contributed by atoms with Gasteiger partial charge in [0, 0.05) is 5.56 Å². The molecule has 11 heteroatoms. The van der Waals surface area contributed by atoms with Crippen LogP contribution in [-0.4, -0.2) is 29.9 Å². The maximum Gasteiger partial charge on any atom is 0.338 e. The number of nitrogens with zero attached hydrogens (tertiary/aromatic N) is 3. The second-order valence-corrected chi connectivity index (χ2v) is 10.6. The number of carbonyl (C=O) groups is 1. The molecule has 1 aliphatic heterocycles. The van der Waals surface area contributed by atoms with Crippen LogP contribution in [0.25, 0.3) is 6.08 Å².